The predicted octanol–water partition coefficient (Wildman–Crippen LogP) is 31.3. The van der Waals surface area contributed by atoms with Crippen molar-refractivity contribution in [2.24, 2.45) is 70.4 Å². The largest absolute Gasteiger partial charge is 0.422 e. The molecule has 3 aliphatic heterocycles. The summed E-state index contributed by atoms with van der Waals surface area (Å²) in [4.78, 5) is 109. The maximum absolute atomic E-state index is 12.4. The van der Waals surface area contributed by atoms with Crippen LogP contribution in [0.4, 0.5) is 0 Å². The minimum atomic E-state index is -2.93. The van der Waals surface area contributed by atoms with Crippen LogP contribution in [0, 0.1) is 70.4 Å². The highest BCUT2D eigenvalue weighted by molar-refractivity contribution is 7.89. The molecule has 3 aliphatic rings. The van der Waals surface area contributed by atoms with E-state index in [0.29, 0.717) is 75.5 Å². The highest BCUT2D eigenvalue weighted by atomic mass is 32.2. The van der Waals surface area contributed by atoms with E-state index in [1.54, 1.807) is 62.3 Å². The first-order valence-corrected chi connectivity index (χ1v) is 53.0. The Balaban J connectivity index is -0.000000362. The molecule has 3 saturated heterocycles. The Hall–Kier alpha value is -7.68. The van der Waals surface area contributed by atoms with Gasteiger partial charge in [-0.2, -0.15) is 0 Å². The van der Waals surface area contributed by atoms with Crippen molar-refractivity contribution in [1.29, 1.82) is 0 Å². The number of benzene rings is 3. The van der Waals surface area contributed by atoms with Gasteiger partial charge in [-0.15, -0.1) is 13.2 Å². The maximum Gasteiger partial charge on any atom is 0.336 e. The van der Waals surface area contributed by atoms with Crippen LogP contribution in [0.15, 0.2) is 125 Å². The third-order valence-corrected chi connectivity index (χ3v) is 19.2. The van der Waals surface area contributed by atoms with Gasteiger partial charge in [0.2, 0.25) is 0 Å². The number of hydrogen-bond donors (Lipinski definition) is 0. The fraction of sp³-hybridized carbons (Fsp3) is 0.742. The third kappa shape index (κ3) is 79.3. The molecular weight excluding hydrogens is 1790 g/mol. The lowest BCUT2D eigenvalue weighted by Gasteiger charge is -2.38. The molecular formula is C120H215N3O17S. The molecule has 0 N–H and O–H groups in total. The Bertz CT molecular complexity index is 4200. The molecule has 0 saturated carbocycles. The molecule has 0 bridgehead atoms. The second-order valence-corrected chi connectivity index (χ2v) is 59.6. The number of nitrogens with zero attached hydrogens (tertiary/aromatic N) is 3. The van der Waals surface area contributed by atoms with Crippen LogP contribution in [-0.2, 0) is 109 Å². The van der Waals surface area contributed by atoms with Gasteiger partial charge in [0, 0.05) is 54.3 Å². The van der Waals surface area contributed by atoms with E-state index >= 15 is 0 Å². The standard InChI is InChI=1S/C16H25N3O3.3C14H24O4.C12H18O2S.2C10H14.6C5H12/c1-6-10-17-13(20)18(11-7-2)15(22)19(14(17)21)12-8-9-16(3,4)5;3*1-12(2,3)8-7-9-14(6)10(15)17-13(4,5)18-11(14)16;1-12(2,3)11-7-5-10(6-8-11)9-15(4,13)14;2*1-10(2,3)9-7-5-4-6-8-9;6*1-5(2,3)4/h6-7H,1-2,8-12H2,3-5H3;3*7-9H2,1-6H3;5-8H,9H2,1-4H3;2*4-8H,1-3H3;6*1-4H3. The number of cyclic esters (lactones) is 6. The molecule has 1 aromatic heterocycles. The lowest BCUT2D eigenvalue weighted by atomic mass is 9.80. The molecule has 141 heavy (non-hydrogen) atoms. The van der Waals surface area contributed by atoms with Gasteiger partial charge in [0.1, 0.15) is 0 Å². The predicted molar refractivity (Wildman–Crippen MR) is 596 cm³/mol. The van der Waals surface area contributed by atoms with Gasteiger partial charge in [0.15, 0.2) is 26.1 Å². The van der Waals surface area contributed by atoms with E-state index in [1.165, 1.54) is 35.1 Å². The number of esters is 6. The van der Waals surface area contributed by atoms with E-state index < -0.39 is 96.3 Å². The number of sulfone groups is 1. The fourth-order valence-electron chi connectivity index (χ4n) is 11.3. The summed E-state index contributed by atoms with van der Waals surface area (Å²) in [5.74, 6) is -6.15. The number of hydrogen-bond acceptors (Lipinski definition) is 17. The minimum absolute atomic E-state index is 0.0777. The number of allylic oxidation sites excluding steroid dienone is 2. The zero-order valence-electron chi connectivity index (χ0n) is 101. The van der Waals surface area contributed by atoms with Crippen LogP contribution < -0.4 is 17.1 Å². The summed E-state index contributed by atoms with van der Waals surface area (Å²) in [6.45, 7) is 120. The zero-order chi connectivity index (χ0) is 113. The van der Waals surface area contributed by atoms with Crippen molar-refractivity contribution in [3.63, 3.8) is 0 Å². The lowest BCUT2D eigenvalue weighted by Crippen LogP contribution is -2.54. The number of carbonyl (C=O) groups excluding carboxylic acids is 6. The zero-order valence-corrected chi connectivity index (χ0v) is 102. The molecule has 0 aliphatic carbocycles. The van der Waals surface area contributed by atoms with E-state index in [4.69, 9.17) is 28.4 Å². The first-order chi connectivity index (χ1) is 62.0. The minimum Gasteiger partial charge on any atom is -0.422 e. The summed E-state index contributed by atoms with van der Waals surface area (Å²) < 4.78 is 56.3. The quantitative estimate of drug-likeness (QED) is 0.0388. The van der Waals surface area contributed by atoms with E-state index in [2.05, 4.69) is 385 Å². The van der Waals surface area contributed by atoms with Gasteiger partial charge in [-0.05, 0) is 165 Å². The summed E-state index contributed by atoms with van der Waals surface area (Å²) in [5.41, 5.74) is 4.03. The maximum atomic E-state index is 12.4. The van der Waals surface area contributed by atoms with Crippen molar-refractivity contribution in [1.82, 2.24) is 13.7 Å². The van der Waals surface area contributed by atoms with Crippen molar-refractivity contribution in [2.45, 2.75) is 504 Å². The monoisotopic (exact) mass is 2000 g/mol. The summed E-state index contributed by atoms with van der Waals surface area (Å²) in [6, 6.07) is 28.9. The smallest absolute Gasteiger partial charge is 0.336 e. The molecule has 0 atom stereocenters. The Kier molecular flexibility index (Phi) is 59.9. The van der Waals surface area contributed by atoms with Crippen LogP contribution in [-0.4, -0.2) is 81.6 Å². The Morgan fingerprint density at radius 2 is 0.454 bits per heavy atom. The summed E-state index contributed by atoms with van der Waals surface area (Å²) in [5, 5.41) is 0. The number of rotatable bonds is 18. The average molecular weight is 2000 g/mol. The van der Waals surface area contributed by atoms with Gasteiger partial charge < -0.3 is 28.4 Å². The van der Waals surface area contributed by atoms with E-state index in [1.807, 2.05) is 24.3 Å². The van der Waals surface area contributed by atoms with Crippen molar-refractivity contribution >= 4 is 45.7 Å². The van der Waals surface area contributed by atoms with Crippen LogP contribution in [0.2, 0.25) is 0 Å². The van der Waals surface area contributed by atoms with Gasteiger partial charge in [-0.3, -0.25) is 28.8 Å². The summed E-state index contributed by atoms with van der Waals surface area (Å²) in [6.07, 6.45) is 12.4. The van der Waals surface area contributed by atoms with E-state index in [9.17, 15) is 51.6 Å². The first-order valence-electron chi connectivity index (χ1n) is 51.0. The van der Waals surface area contributed by atoms with Crippen LogP contribution >= 0.6 is 0 Å². The normalized spacial score (nSPS) is 15.9. The summed E-state index contributed by atoms with van der Waals surface area (Å²) in [7, 11) is -2.93. The molecule has 7 rings (SSSR count). The molecule has 3 fully saturated rings. The van der Waals surface area contributed by atoms with Crippen LogP contribution in [0.5, 0.6) is 0 Å². The van der Waals surface area contributed by atoms with Crippen LogP contribution in [0.1, 0.15) is 467 Å². The van der Waals surface area contributed by atoms with Crippen LogP contribution in [0.25, 0.3) is 0 Å². The Morgan fingerprint density at radius 1 is 0.277 bits per heavy atom. The highest BCUT2D eigenvalue weighted by Crippen LogP contribution is 2.41. The molecule has 3 aromatic carbocycles. The van der Waals surface area contributed by atoms with Gasteiger partial charge in [-0.25, -0.2) is 36.5 Å². The second kappa shape index (κ2) is 58.6. The molecule has 21 heteroatoms. The van der Waals surface area contributed by atoms with Gasteiger partial charge in [-0.1, -0.05) is 428 Å². The Labute approximate surface area is 863 Å². The van der Waals surface area contributed by atoms with Crippen molar-refractivity contribution in [3.8, 4) is 0 Å². The van der Waals surface area contributed by atoms with Crippen molar-refractivity contribution in [2.75, 3.05) is 6.26 Å². The first kappa shape index (κ1) is 144. The average Bonchev–Trinajstić information content (AvgIpc) is 0.775. The number of aromatic nitrogens is 3. The van der Waals surface area contributed by atoms with Crippen molar-refractivity contribution in [3.05, 3.63) is 164 Å². The highest BCUT2D eigenvalue weighted by Gasteiger charge is 2.55. The van der Waals surface area contributed by atoms with Crippen molar-refractivity contribution < 1.29 is 65.6 Å². The van der Waals surface area contributed by atoms with Gasteiger partial charge in [0.25, 0.3) is 17.4 Å². The number of carbonyl (C=O) groups is 6. The molecule has 818 valence electrons. The van der Waals surface area contributed by atoms with Gasteiger partial charge in [0.05, 0.1) is 18.8 Å². The lowest BCUT2D eigenvalue weighted by molar-refractivity contribution is -0.252. The second-order valence-electron chi connectivity index (χ2n) is 57.5. The molecule has 0 unspecified atom stereocenters. The fourth-order valence-corrected chi connectivity index (χ4v) is 12.1. The number of ether oxygens (including phenoxy) is 6. The Morgan fingerprint density at radius 3 is 0.617 bits per heavy atom. The molecule has 0 radical (unpaired) electrons. The van der Waals surface area contributed by atoms with Crippen LogP contribution in [0.3, 0.4) is 0 Å². The topological polar surface area (TPSA) is 258 Å². The molecule has 0 amide bonds. The van der Waals surface area contributed by atoms with E-state index in [0.717, 1.165) is 64.2 Å². The SMILES string of the molecule is C=CCn1c(=O)n(CC=C)c(=O)n(CCCC(C)(C)C)c1=O.CC(C)(C)C.CC(C)(C)C.CC(C)(C)C.CC(C)(C)C.CC(C)(C)C.CC(C)(C)C.CC(C)(C)CCCC1(C)C(=O)OC(C)(C)OC1=O.CC(C)(C)CCCC1(C)C(=O)OC(C)(C)OC1=O.CC(C)(C)CCCC1(C)C(=O)OC(C)(C)OC1=O.CC(C)(C)c1ccc(CS(C)(=O)=O)cc1.CC(C)(C)c1ccccc1.CC(C)(C)c1ccccc1. The molecule has 20 nitrogen and oxygen atoms in total. The molecule has 4 aromatic rings. The third-order valence-electron chi connectivity index (χ3n) is 18.4. The van der Waals surface area contributed by atoms with Gasteiger partial charge >= 0.3 is 52.9 Å². The molecule has 0 spiro atoms. The molecule has 4 heterocycles. The summed E-state index contributed by atoms with van der Waals surface area (Å²) >= 11 is 0. The van der Waals surface area contributed by atoms with E-state index in [-0.39, 0.29) is 45.9 Å².